The van der Waals surface area contributed by atoms with Crippen molar-refractivity contribution in [2.24, 2.45) is 11.8 Å². The quantitative estimate of drug-likeness (QED) is 0.0559. The molecule has 0 unspecified atom stereocenters. The summed E-state index contributed by atoms with van der Waals surface area (Å²) in [5.74, 6) is -6.41. The Bertz CT molecular complexity index is 1020. The first-order chi connectivity index (χ1) is 22.1. The Morgan fingerprint density at radius 3 is 2.11 bits per heavy atom. The monoisotopic (exact) mass is 655 g/mol. The molecule has 0 aromatic heterocycles. The van der Waals surface area contributed by atoms with E-state index in [1.807, 2.05) is 6.92 Å². The third-order valence-electron chi connectivity index (χ3n) is 8.02. The lowest BCUT2D eigenvalue weighted by Gasteiger charge is -2.23. The standard InChI is InChI=1S/C36H56F3NO6/c1-4-6-7-11-14-23-36(38,39)24-15-12-9-8-10-13-18-30(31(17-5-2)34(42)43)33(41)40-32(35(44)45-3)27-28-19-21-29(22-20-28)46-26-16-25-37/h13,18-22,30-32H,4-12,14-17,23-27H2,1-3H3,(H,40,41)(H,42,43)/b18-13+/t30-,31+,32-/m0/s1. The van der Waals surface area contributed by atoms with Crippen molar-refractivity contribution < 1.29 is 42.1 Å². The van der Waals surface area contributed by atoms with E-state index in [2.05, 4.69) is 12.2 Å². The summed E-state index contributed by atoms with van der Waals surface area (Å²) < 4.78 is 51.0. The van der Waals surface area contributed by atoms with E-state index in [9.17, 15) is 32.7 Å². The predicted molar refractivity (Wildman–Crippen MR) is 175 cm³/mol. The van der Waals surface area contributed by atoms with Crippen LogP contribution in [-0.2, 0) is 25.5 Å². The second-order valence-electron chi connectivity index (χ2n) is 12.0. The predicted octanol–water partition coefficient (Wildman–Crippen LogP) is 8.64. The van der Waals surface area contributed by atoms with Gasteiger partial charge in [-0.3, -0.25) is 14.0 Å². The zero-order chi connectivity index (χ0) is 34.2. The van der Waals surface area contributed by atoms with Crippen molar-refractivity contribution in [3.8, 4) is 5.75 Å². The average molecular weight is 656 g/mol. The van der Waals surface area contributed by atoms with Crippen molar-refractivity contribution in [3.05, 3.63) is 42.0 Å². The summed E-state index contributed by atoms with van der Waals surface area (Å²) in [6, 6.07) is 5.81. The number of aliphatic carboxylic acids is 1. The fraction of sp³-hybridized carbons (Fsp3) is 0.694. The maximum atomic E-state index is 14.1. The zero-order valence-corrected chi connectivity index (χ0v) is 28.0. The van der Waals surface area contributed by atoms with Gasteiger partial charge in [0.2, 0.25) is 11.8 Å². The van der Waals surface area contributed by atoms with E-state index in [0.717, 1.165) is 38.5 Å². The number of carbonyl (C=O) groups is 3. The van der Waals surface area contributed by atoms with E-state index in [1.165, 1.54) is 7.11 Å². The van der Waals surface area contributed by atoms with Gasteiger partial charge in [-0.1, -0.05) is 83.1 Å². The van der Waals surface area contributed by atoms with Crippen molar-refractivity contribution in [3.63, 3.8) is 0 Å². The average Bonchev–Trinajstić information content (AvgIpc) is 3.03. The molecule has 46 heavy (non-hydrogen) atoms. The van der Waals surface area contributed by atoms with Crippen LogP contribution in [0.3, 0.4) is 0 Å². The Morgan fingerprint density at radius 1 is 0.913 bits per heavy atom. The first-order valence-corrected chi connectivity index (χ1v) is 17.0. The van der Waals surface area contributed by atoms with Crippen LogP contribution in [0.4, 0.5) is 13.2 Å². The normalized spacial score (nSPS) is 13.7. The number of rotatable bonds is 27. The van der Waals surface area contributed by atoms with Crippen LogP contribution in [0.15, 0.2) is 36.4 Å². The van der Waals surface area contributed by atoms with Gasteiger partial charge < -0.3 is 19.9 Å². The number of hydrogen-bond donors (Lipinski definition) is 2. The molecule has 0 radical (unpaired) electrons. The molecule has 0 aliphatic rings. The number of nitrogens with one attached hydrogen (secondary N) is 1. The highest BCUT2D eigenvalue weighted by Gasteiger charge is 2.34. The van der Waals surface area contributed by atoms with Gasteiger partial charge in [-0.2, -0.15) is 0 Å². The number of hydrogen-bond acceptors (Lipinski definition) is 5. The van der Waals surface area contributed by atoms with Crippen LogP contribution >= 0.6 is 0 Å². The molecule has 262 valence electrons. The maximum absolute atomic E-state index is 14.1. The molecular formula is C36H56F3NO6. The van der Waals surface area contributed by atoms with Crippen LogP contribution in [0.1, 0.15) is 116 Å². The van der Waals surface area contributed by atoms with E-state index in [0.29, 0.717) is 43.4 Å². The lowest BCUT2D eigenvalue weighted by atomic mass is 9.86. The van der Waals surface area contributed by atoms with Gasteiger partial charge in [0.05, 0.1) is 32.2 Å². The fourth-order valence-electron chi connectivity index (χ4n) is 5.33. The zero-order valence-electron chi connectivity index (χ0n) is 28.0. The van der Waals surface area contributed by atoms with E-state index < -0.39 is 48.3 Å². The molecule has 0 heterocycles. The maximum Gasteiger partial charge on any atom is 0.328 e. The van der Waals surface area contributed by atoms with Gasteiger partial charge in [0.1, 0.15) is 11.8 Å². The smallest absolute Gasteiger partial charge is 0.328 e. The Hall–Kier alpha value is -3.04. The van der Waals surface area contributed by atoms with Gasteiger partial charge in [-0.25, -0.2) is 13.6 Å². The van der Waals surface area contributed by atoms with Gasteiger partial charge >= 0.3 is 11.9 Å². The van der Waals surface area contributed by atoms with Crippen LogP contribution in [0.2, 0.25) is 0 Å². The van der Waals surface area contributed by atoms with Crippen LogP contribution in [0, 0.1) is 11.8 Å². The molecule has 0 aliphatic carbocycles. The third kappa shape index (κ3) is 17.6. The number of alkyl halides is 3. The number of benzene rings is 1. The molecule has 1 aromatic rings. The van der Waals surface area contributed by atoms with Gasteiger partial charge in [0.25, 0.3) is 0 Å². The molecule has 3 atom stereocenters. The molecule has 7 nitrogen and oxygen atoms in total. The first kappa shape index (κ1) is 41.0. The number of esters is 1. The number of allylic oxidation sites excluding steroid dienone is 1. The van der Waals surface area contributed by atoms with Crippen LogP contribution in [0.25, 0.3) is 0 Å². The molecule has 1 aromatic carbocycles. The Labute approximate surface area is 273 Å². The lowest BCUT2D eigenvalue weighted by molar-refractivity contribution is -0.148. The van der Waals surface area contributed by atoms with Crippen molar-refractivity contribution in [1.29, 1.82) is 0 Å². The van der Waals surface area contributed by atoms with E-state index >= 15 is 0 Å². The minimum atomic E-state index is -2.62. The molecular weight excluding hydrogens is 599 g/mol. The minimum absolute atomic E-state index is 0.0495. The number of methoxy groups -OCH3 is 1. The molecule has 10 heteroatoms. The van der Waals surface area contributed by atoms with Crippen LogP contribution in [0.5, 0.6) is 5.75 Å². The summed E-state index contributed by atoms with van der Waals surface area (Å²) in [5.41, 5.74) is 0.716. The second kappa shape index (κ2) is 24.2. The van der Waals surface area contributed by atoms with E-state index in [-0.39, 0.29) is 38.7 Å². The highest BCUT2D eigenvalue weighted by atomic mass is 19.3. The minimum Gasteiger partial charge on any atom is -0.494 e. The largest absolute Gasteiger partial charge is 0.494 e. The van der Waals surface area contributed by atoms with E-state index in [1.54, 1.807) is 36.4 Å². The van der Waals surface area contributed by atoms with Crippen molar-refractivity contribution in [1.82, 2.24) is 5.32 Å². The molecule has 0 saturated carbocycles. The molecule has 2 N–H and O–H groups in total. The molecule has 1 amide bonds. The van der Waals surface area contributed by atoms with Gasteiger partial charge in [0.15, 0.2) is 0 Å². The van der Waals surface area contributed by atoms with Gasteiger partial charge in [0, 0.05) is 25.7 Å². The summed E-state index contributed by atoms with van der Waals surface area (Å²) in [6.45, 7) is 3.71. The topological polar surface area (TPSA) is 102 Å². The van der Waals surface area contributed by atoms with Crippen LogP contribution in [-0.4, -0.2) is 55.3 Å². The third-order valence-corrected chi connectivity index (χ3v) is 8.02. The van der Waals surface area contributed by atoms with Crippen molar-refractivity contribution in [2.45, 2.75) is 129 Å². The summed E-state index contributed by atoms with van der Waals surface area (Å²) >= 11 is 0. The Kier molecular flexibility index (Phi) is 21.5. The Morgan fingerprint density at radius 2 is 1.54 bits per heavy atom. The fourth-order valence-corrected chi connectivity index (χ4v) is 5.33. The Balaban J connectivity index is 2.75. The SMILES string of the molecule is CCCCCCCC(F)(F)CCCCCC/C=C/[C@H](C(=O)N[C@@H](Cc1ccc(OCCCF)cc1)C(=O)OC)[C@@H](CCC)C(=O)O. The molecule has 0 bridgehead atoms. The summed E-state index contributed by atoms with van der Waals surface area (Å²) in [5, 5.41) is 12.6. The number of carboxylic acids is 1. The molecule has 1 rings (SSSR count). The highest BCUT2D eigenvalue weighted by molar-refractivity contribution is 5.90. The molecule has 0 fully saturated rings. The number of halogens is 3. The first-order valence-electron chi connectivity index (χ1n) is 17.0. The van der Waals surface area contributed by atoms with Crippen molar-refractivity contribution in [2.75, 3.05) is 20.4 Å². The number of ether oxygens (including phenoxy) is 2. The number of carboxylic acid groups (broad SMARTS) is 1. The lowest BCUT2D eigenvalue weighted by Crippen LogP contribution is -2.47. The number of amides is 1. The highest BCUT2D eigenvalue weighted by Crippen LogP contribution is 2.29. The number of carbonyl (C=O) groups excluding carboxylic acids is 2. The van der Waals surface area contributed by atoms with Crippen LogP contribution < -0.4 is 10.1 Å². The van der Waals surface area contributed by atoms with Gasteiger partial charge in [-0.05, 0) is 49.8 Å². The molecule has 0 spiro atoms. The summed E-state index contributed by atoms with van der Waals surface area (Å²) in [4.78, 5) is 38.2. The van der Waals surface area contributed by atoms with Crippen molar-refractivity contribution >= 4 is 17.8 Å². The summed E-state index contributed by atoms with van der Waals surface area (Å²) in [6.07, 6.45) is 12.3. The molecule has 0 saturated heterocycles. The van der Waals surface area contributed by atoms with Gasteiger partial charge in [-0.15, -0.1) is 0 Å². The molecule has 0 aliphatic heterocycles. The number of unbranched alkanes of at least 4 members (excludes halogenated alkanes) is 8. The second-order valence-corrected chi connectivity index (χ2v) is 12.0. The van der Waals surface area contributed by atoms with E-state index in [4.69, 9.17) is 9.47 Å². The summed E-state index contributed by atoms with van der Waals surface area (Å²) in [7, 11) is 1.22.